The van der Waals surface area contributed by atoms with Crippen molar-refractivity contribution in [3.63, 3.8) is 0 Å². The van der Waals surface area contributed by atoms with Gasteiger partial charge < -0.3 is 48.3 Å². The first-order chi connectivity index (χ1) is 24.3. The molecule has 294 valence electrons. The van der Waals surface area contributed by atoms with E-state index in [1.165, 1.54) is 36.4 Å². The van der Waals surface area contributed by atoms with Crippen LogP contribution in [0.25, 0.3) is 0 Å². The molecule has 0 aliphatic carbocycles. The maximum atomic E-state index is 12.8. The van der Waals surface area contributed by atoms with Crippen molar-refractivity contribution in [3.8, 4) is 0 Å². The minimum Gasteiger partial charge on any atom is -0.352 e. The van der Waals surface area contributed by atoms with Gasteiger partial charge in [-0.25, -0.2) is 0 Å². The molecule has 2 amide bonds. The van der Waals surface area contributed by atoms with Gasteiger partial charge in [-0.2, -0.15) is 0 Å². The Bertz CT molecular complexity index is 1480. The van der Waals surface area contributed by atoms with Gasteiger partial charge in [0.05, 0.1) is 24.6 Å². The second-order valence-electron chi connectivity index (χ2n) is 12.3. The molecule has 4 atom stereocenters. The number of amides is 2. The van der Waals surface area contributed by atoms with Crippen LogP contribution in [0, 0.1) is 0 Å². The molecule has 0 saturated heterocycles. The van der Waals surface area contributed by atoms with E-state index < -0.39 is 42.2 Å². The highest BCUT2D eigenvalue weighted by Gasteiger charge is 2.24. The van der Waals surface area contributed by atoms with Crippen LogP contribution in [-0.4, -0.2) is 72.9 Å². The molecule has 0 saturated carbocycles. The number of hydrogen-bond donors (Lipinski definition) is 6. The molecule has 4 unspecified atom stereocenters. The van der Waals surface area contributed by atoms with Crippen LogP contribution in [0.15, 0.2) is 36.4 Å². The molecule has 2 rings (SSSR count). The summed E-state index contributed by atoms with van der Waals surface area (Å²) >= 11 is 0. The minimum absolute atomic E-state index is 0.190. The van der Waals surface area contributed by atoms with Crippen molar-refractivity contribution in [2.75, 3.05) is 41.5 Å². The Hall–Kier alpha value is -2.02. The van der Waals surface area contributed by atoms with Gasteiger partial charge in [0.25, 0.3) is 11.8 Å². The molecule has 0 aliphatic heterocycles. The monoisotopic (exact) mass is 812 g/mol. The fourth-order valence-corrected chi connectivity index (χ4v) is 8.34. The smallest absolute Gasteiger partial charge is 0.332 e. The lowest BCUT2D eigenvalue weighted by molar-refractivity contribution is 0.0944. The zero-order chi connectivity index (χ0) is 39.0. The summed E-state index contributed by atoms with van der Waals surface area (Å²) in [4.78, 5) is 65.2. The van der Waals surface area contributed by atoms with Crippen LogP contribution < -0.4 is 10.6 Å². The molecule has 6 N–H and O–H groups in total. The number of unbranched alkanes of at least 4 members (excludes halogenated alkanes) is 7. The predicted octanol–water partition coefficient (Wildman–Crippen LogP) is 6.29. The molecule has 0 bridgehead atoms. The van der Waals surface area contributed by atoms with Crippen LogP contribution in [0.3, 0.4) is 0 Å². The van der Waals surface area contributed by atoms with Crippen molar-refractivity contribution < 1.29 is 65.5 Å². The fraction of sp³-hybridized carbons (Fsp3) is 0.562. The number of hydrogen-bond acceptors (Lipinski definition) is 10. The molecule has 0 fully saturated rings. The van der Waals surface area contributed by atoms with E-state index in [9.17, 15) is 47.4 Å². The van der Waals surface area contributed by atoms with Gasteiger partial charge in [-0.15, -0.1) is 0 Å². The van der Waals surface area contributed by atoms with E-state index >= 15 is 0 Å². The fourth-order valence-electron chi connectivity index (χ4n) is 5.25. The van der Waals surface area contributed by atoms with E-state index in [2.05, 4.69) is 28.7 Å². The topological polar surface area (TPSA) is 244 Å². The summed E-state index contributed by atoms with van der Waals surface area (Å²) in [5, 5.41) is 5.65. The lowest BCUT2D eigenvalue weighted by Crippen LogP contribution is -2.24. The average Bonchev–Trinajstić information content (AvgIpc) is 3.07. The van der Waals surface area contributed by atoms with Crippen LogP contribution in [-0.2, 0) is 61.0 Å². The molecule has 2 aromatic carbocycles. The van der Waals surface area contributed by atoms with E-state index in [4.69, 9.17) is 0 Å². The third kappa shape index (κ3) is 17.9. The number of benzene rings is 2. The first-order valence-corrected chi connectivity index (χ1v) is 23.7. The zero-order valence-electron chi connectivity index (χ0n) is 30.0. The lowest BCUT2D eigenvalue weighted by Gasteiger charge is -2.14. The molecule has 52 heavy (non-hydrogen) atoms. The maximum absolute atomic E-state index is 12.8. The van der Waals surface area contributed by atoms with Gasteiger partial charge in [0.1, 0.15) is 0 Å². The highest BCUT2D eigenvalue weighted by atomic mass is 31.2. The van der Waals surface area contributed by atoms with E-state index in [1.54, 1.807) is 0 Å². The summed E-state index contributed by atoms with van der Waals surface area (Å²) in [6, 6.07) is 8.77. The van der Waals surface area contributed by atoms with Crippen LogP contribution in [0.1, 0.15) is 94.3 Å². The van der Waals surface area contributed by atoms with Crippen LogP contribution in [0.4, 0.5) is 0 Å². The molecule has 20 heteroatoms. The van der Waals surface area contributed by atoms with E-state index in [-0.39, 0.29) is 35.8 Å². The Balaban J connectivity index is 1.74. The summed E-state index contributed by atoms with van der Waals surface area (Å²) < 4.78 is 67.0. The van der Waals surface area contributed by atoms with E-state index in [0.29, 0.717) is 35.3 Å². The van der Waals surface area contributed by atoms with Crippen molar-refractivity contribution in [1.82, 2.24) is 10.6 Å². The Labute approximate surface area is 305 Å². The quantitative estimate of drug-likeness (QED) is 0.0477. The van der Waals surface area contributed by atoms with Gasteiger partial charge in [-0.1, -0.05) is 50.7 Å². The second kappa shape index (κ2) is 21.8. The predicted molar refractivity (Wildman–Crippen MR) is 197 cm³/mol. The molecule has 0 heterocycles. The van der Waals surface area contributed by atoms with Crippen LogP contribution in [0.2, 0.25) is 0 Å². The van der Waals surface area contributed by atoms with Crippen molar-refractivity contribution in [1.29, 1.82) is 0 Å². The summed E-state index contributed by atoms with van der Waals surface area (Å²) in [6.07, 6.45) is 5.68. The van der Waals surface area contributed by atoms with Crippen molar-refractivity contribution >= 4 is 42.2 Å². The van der Waals surface area contributed by atoms with Crippen molar-refractivity contribution in [2.24, 2.45) is 0 Å². The molecule has 2 aromatic rings. The van der Waals surface area contributed by atoms with Crippen LogP contribution in [0.5, 0.6) is 0 Å². The largest absolute Gasteiger partial charge is 0.352 e. The van der Waals surface area contributed by atoms with E-state index in [1.807, 2.05) is 0 Å². The molecule has 0 spiro atoms. The number of rotatable bonds is 25. The first-order valence-electron chi connectivity index (χ1n) is 16.7. The normalized spacial score (nSPS) is 16.2. The maximum Gasteiger partial charge on any atom is 0.332 e. The lowest BCUT2D eigenvalue weighted by atomic mass is 10.1. The van der Waals surface area contributed by atoms with Gasteiger partial charge in [0, 0.05) is 52.7 Å². The Morgan fingerprint density at radius 3 is 0.923 bits per heavy atom. The molecule has 0 aromatic heterocycles. The number of nitrogens with one attached hydrogen (secondary N) is 2. The summed E-state index contributed by atoms with van der Waals surface area (Å²) in [6.45, 7) is 0.819. The highest BCUT2D eigenvalue weighted by Crippen LogP contribution is 2.48. The third-order valence-electron chi connectivity index (χ3n) is 7.97. The standard InChI is InChI=1S/C32H52N2O14P4/c1-45-49(37,38)21-25-15-26(22-50(39,40)46-2)18-29(17-25)31(35)33-13-11-9-7-5-6-8-10-12-14-34-32(36)30-19-27(23-51(41,42)47-3)16-28(20-30)24-52(43,44)48-4/h15-20H,5-14,21-24H2,1-4H3,(H,33,35)(H,34,36)(H,37,38)(H,39,40)(H,41,42)(H,43,44). The second-order valence-corrected chi connectivity index (χ2v) is 20.2. The summed E-state index contributed by atoms with van der Waals surface area (Å²) in [5.74, 6) is -0.828. The molecular formula is C32H52N2O14P4. The van der Waals surface area contributed by atoms with Crippen LogP contribution >= 0.6 is 30.4 Å². The SMILES string of the molecule is COP(=O)(O)Cc1cc(CP(=O)(O)OC)cc(C(=O)NCCCCCCCCCCNC(=O)c2cc(CP(=O)(O)OC)cc(CP(=O)(O)OC)c2)c1. The highest BCUT2D eigenvalue weighted by molar-refractivity contribution is 7.52. The van der Waals surface area contributed by atoms with Gasteiger partial charge in [0.2, 0.25) is 0 Å². The van der Waals surface area contributed by atoms with E-state index in [0.717, 1.165) is 79.8 Å². The van der Waals surface area contributed by atoms with Gasteiger partial charge in [0.15, 0.2) is 0 Å². The summed E-state index contributed by atoms with van der Waals surface area (Å²) in [5.41, 5.74) is 1.63. The van der Waals surface area contributed by atoms with Gasteiger partial charge in [-0.05, 0) is 59.4 Å². The molecule has 0 radical (unpaired) electrons. The average molecular weight is 813 g/mol. The van der Waals surface area contributed by atoms with Crippen molar-refractivity contribution in [3.05, 3.63) is 69.8 Å². The summed E-state index contributed by atoms with van der Waals surface area (Å²) in [7, 11) is -11.4. The Kier molecular flexibility index (Phi) is 19.3. The number of carbonyl (C=O) groups excluding carboxylic acids is 2. The third-order valence-corrected chi connectivity index (χ3v) is 13.3. The van der Waals surface area contributed by atoms with Crippen molar-refractivity contribution in [2.45, 2.75) is 76.0 Å². The minimum atomic E-state index is -3.95. The molecular weight excluding hydrogens is 760 g/mol. The number of carbonyl (C=O) groups is 2. The van der Waals surface area contributed by atoms with Gasteiger partial charge >= 0.3 is 30.4 Å². The Morgan fingerprint density at radius 2 is 0.692 bits per heavy atom. The van der Waals surface area contributed by atoms with Gasteiger partial charge in [-0.3, -0.25) is 27.8 Å². The molecule has 0 aliphatic rings. The Morgan fingerprint density at radius 1 is 0.462 bits per heavy atom. The molecule has 16 nitrogen and oxygen atoms in total. The zero-order valence-corrected chi connectivity index (χ0v) is 33.6. The first kappa shape index (κ1) is 46.1.